The summed E-state index contributed by atoms with van der Waals surface area (Å²) in [6.07, 6.45) is 0. The number of benzene rings is 3. The Labute approximate surface area is 204 Å². The van der Waals surface area contributed by atoms with E-state index in [2.05, 4.69) is 4.99 Å². The first kappa shape index (κ1) is 24.7. The molecule has 0 aliphatic heterocycles. The van der Waals surface area contributed by atoms with Crippen LogP contribution in [0.25, 0.3) is 10.2 Å². The second-order valence-electron chi connectivity index (χ2n) is 7.51. The number of hydrogen-bond donors (Lipinski definition) is 0. The van der Waals surface area contributed by atoms with E-state index in [9.17, 15) is 22.0 Å². The zero-order chi connectivity index (χ0) is 25.2. The number of hydrogen-bond acceptors (Lipinski definition) is 5. The van der Waals surface area contributed by atoms with Gasteiger partial charge in [-0.05, 0) is 42.5 Å². The van der Waals surface area contributed by atoms with Gasteiger partial charge in [0.25, 0.3) is 15.9 Å². The smallest absolute Gasteiger partial charge is 0.279 e. The molecule has 7 nitrogen and oxygen atoms in total. The van der Waals surface area contributed by atoms with Crippen molar-refractivity contribution in [2.75, 3.05) is 25.1 Å². The molecule has 0 saturated carbocycles. The van der Waals surface area contributed by atoms with Gasteiger partial charge in [0.1, 0.15) is 5.82 Å². The number of amides is 1. The third-order valence-corrected chi connectivity index (χ3v) is 8.12. The van der Waals surface area contributed by atoms with Crippen molar-refractivity contribution in [2.45, 2.75) is 11.4 Å². The molecule has 1 aromatic heterocycles. The van der Waals surface area contributed by atoms with E-state index in [1.807, 2.05) is 0 Å². The summed E-state index contributed by atoms with van der Waals surface area (Å²) in [6, 6.07) is 15.9. The molecule has 4 rings (SSSR count). The summed E-state index contributed by atoms with van der Waals surface area (Å²) in [7, 11) is -0.909. The van der Waals surface area contributed by atoms with Gasteiger partial charge in [0, 0.05) is 32.3 Å². The zero-order valence-electron chi connectivity index (χ0n) is 18.8. The number of para-hydroxylation sites is 1. The fraction of sp³-hybridized carbons (Fsp3) is 0.167. The minimum absolute atomic E-state index is 0.00923. The van der Waals surface area contributed by atoms with Crippen LogP contribution in [0.5, 0.6) is 0 Å². The molecule has 0 N–H and O–H groups in total. The first-order valence-electron chi connectivity index (χ1n) is 10.4. The molecular formula is C24H21F2N3O4S2. The van der Waals surface area contributed by atoms with Crippen molar-refractivity contribution in [3.63, 3.8) is 0 Å². The SMILES string of the molecule is COCCn1c(=NC(=O)c2ccc(S(=O)(=O)N(C)c3ccccc3)cc2)sc2cc(F)cc(F)c21. The van der Waals surface area contributed by atoms with Crippen LogP contribution in [-0.4, -0.2) is 39.7 Å². The molecule has 0 saturated heterocycles. The number of nitrogens with zero attached hydrogens (tertiary/aromatic N) is 3. The van der Waals surface area contributed by atoms with Gasteiger partial charge in [-0.15, -0.1) is 0 Å². The van der Waals surface area contributed by atoms with Gasteiger partial charge in [0.15, 0.2) is 10.6 Å². The molecule has 0 aliphatic rings. The maximum Gasteiger partial charge on any atom is 0.279 e. The number of carbonyl (C=O) groups excluding carboxylic acids is 1. The molecular weight excluding hydrogens is 496 g/mol. The number of sulfonamides is 1. The Morgan fingerprint density at radius 3 is 2.43 bits per heavy atom. The summed E-state index contributed by atoms with van der Waals surface area (Å²) in [4.78, 5) is 17.1. The molecule has 0 radical (unpaired) electrons. The van der Waals surface area contributed by atoms with Crippen molar-refractivity contribution in [3.8, 4) is 0 Å². The maximum atomic E-state index is 14.5. The molecule has 35 heavy (non-hydrogen) atoms. The number of ether oxygens (including phenoxy) is 1. The second-order valence-corrected chi connectivity index (χ2v) is 10.5. The van der Waals surface area contributed by atoms with Crippen LogP contribution in [0.3, 0.4) is 0 Å². The standard InChI is InChI=1S/C24H21F2N3O4S2/c1-28(18-6-4-3-5-7-18)35(31,32)19-10-8-16(9-11-19)23(30)27-24-29(12-13-33-2)22-20(26)14-17(25)15-21(22)34-24/h3-11,14-15H,12-13H2,1-2H3. The van der Waals surface area contributed by atoms with Crippen molar-refractivity contribution in [3.05, 3.63) is 88.7 Å². The van der Waals surface area contributed by atoms with Crippen molar-refractivity contribution in [2.24, 2.45) is 4.99 Å². The molecule has 1 heterocycles. The Balaban J connectivity index is 1.68. The van der Waals surface area contributed by atoms with Crippen LogP contribution in [0.4, 0.5) is 14.5 Å². The fourth-order valence-corrected chi connectivity index (χ4v) is 5.75. The number of methoxy groups -OCH3 is 1. The Morgan fingerprint density at radius 1 is 1.09 bits per heavy atom. The summed E-state index contributed by atoms with van der Waals surface area (Å²) in [5.74, 6) is -2.15. The van der Waals surface area contributed by atoms with E-state index in [4.69, 9.17) is 4.74 Å². The average Bonchev–Trinajstić information content (AvgIpc) is 3.19. The molecule has 4 aromatic rings. The van der Waals surface area contributed by atoms with E-state index in [0.29, 0.717) is 10.4 Å². The Bertz CT molecular complexity index is 1550. The molecule has 0 fully saturated rings. The molecule has 3 aromatic carbocycles. The topological polar surface area (TPSA) is 81.0 Å². The van der Waals surface area contributed by atoms with Crippen LogP contribution < -0.4 is 9.11 Å². The molecule has 1 amide bonds. The van der Waals surface area contributed by atoms with Crippen LogP contribution in [0.2, 0.25) is 0 Å². The normalized spacial score (nSPS) is 12.3. The lowest BCUT2D eigenvalue weighted by molar-refractivity contribution is 0.0997. The summed E-state index contributed by atoms with van der Waals surface area (Å²) in [6.45, 7) is 0.430. The number of thiazole rings is 1. The molecule has 0 unspecified atom stereocenters. The van der Waals surface area contributed by atoms with Crippen LogP contribution in [0, 0.1) is 11.6 Å². The number of carbonyl (C=O) groups is 1. The summed E-state index contributed by atoms with van der Waals surface area (Å²) < 4.78 is 62.0. The van der Waals surface area contributed by atoms with Crippen LogP contribution in [0.15, 0.2) is 76.6 Å². The largest absolute Gasteiger partial charge is 0.383 e. The van der Waals surface area contributed by atoms with Crippen molar-refractivity contribution < 1.29 is 26.7 Å². The van der Waals surface area contributed by atoms with Crippen molar-refractivity contribution in [1.29, 1.82) is 0 Å². The van der Waals surface area contributed by atoms with Crippen LogP contribution >= 0.6 is 11.3 Å². The number of halogens is 2. The maximum absolute atomic E-state index is 14.5. The third kappa shape index (κ3) is 5.02. The first-order chi connectivity index (χ1) is 16.7. The zero-order valence-corrected chi connectivity index (χ0v) is 20.4. The van der Waals surface area contributed by atoms with E-state index in [-0.39, 0.29) is 33.9 Å². The Hall–Kier alpha value is -3.41. The molecule has 0 aliphatic carbocycles. The minimum Gasteiger partial charge on any atom is -0.383 e. The molecule has 0 bridgehead atoms. The highest BCUT2D eigenvalue weighted by molar-refractivity contribution is 7.92. The highest BCUT2D eigenvalue weighted by atomic mass is 32.2. The predicted molar refractivity (Wildman–Crippen MR) is 130 cm³/mol. The lowest BCUT2D eigenvalue weighted by Crippen LogP contribution is -2.26. The summed E-state index contributed by atoms with van der Waals surface area (Å²) in [5, 5.41) is 0. The Morgan fingerprint density at radius 2 is 1.77 bits per heavy atom. The third-order valence-electron chi connectivity index (χ3n) is 5.29. The number of anilines is 1. The van der Waals surface area contributed by atoms with Gasteiger partial charge in [-0.25, -0.2) is 17.2 Å². The minimum atomic E-state index is -3.84. The highest BCUT2D eigenvalue weighted by Crippen LogP contribution is 2.24. The number of aromatic nitrogens is 1. The van der Waals surface area contributed by atoms with Crippen molar-refractivity contribution >= 4 is 43.2 Å². The monoisotopic (exact) mass is 517 g/mol. The van der Waals surface area contributed by atoms with E-state index >= 15 is 0 Å². The number of rotatable bonds is 7. The van der Waals surface area contributed by atoms with E-state index in [1.54, 1.807) is 30.3 Å². The fourth-order valence-electron chi connectivity index (χ4n) is 3.46. The highest BCUT2D eigenvalue weighted by Gasteiger charge is 2.21. The van der Waals surface area contributed by atoms with Crippen LogP contribution in [0.1, 0.15) is 10.4 Å². The number of fused-ring (bicyclic) bond motifs is 1. The van der Waals surface area contributed by atoms with Gasteiger partial charge in [0.2, 0.25) is 0 Å². The van der Waals surface area contributed by atoms with E-state index in [1.165, 1.54) is 49.1 Å². The lowest BCUT2D eigenvalue weighted by atomic mass is 10.2. The Kier molecular flexibility index (Phi) is 7.10. The lowest BCUT2D eigenvalue weighted by Gasteiger charge is -2.19. The molecule has 0 atom stereocenters. The van der Waals surface area contributed by atoms with Crippen LogP contribution in [-0.2, 0) is 21.3 Å². The quantitative estimate of drug-likeness (QED) is 0.368. The van der Waals surface area contributed by atoms with E-state index < -0.39 is 27.6 Å². The van der Waals surface area contributed by atoms with Crippen molar-refractivity contribution in [1.82, 2.24) is 4.57 Å². The molecule has 0 spiro atoms. The molecule has 11 heteroatoms. The van der Waals surface area contributed by atoms with Gasteiger partial charge in [-0.2, -0.15) is 4.99 Å². The molecule has 182 valence electrons. The first-order valence-corrected chi connectivity index (χ1v) is 12.7. The summed E-state index contributed by atoms with van der Waals surface area (Å²) in [5.41, 5.74) is 0.774. The van der Waals surface area contributed by atoms with Gasteiger partial charge in [0.05, 0.1) is 27.4 Å². The predicted octanol–water partition coefficient (Wildman–Crippen LogP) is 4.19. The van der Waals surface area contributed by atoms with Gasteiger partial charge < -0.3 is 9.30 Å². The summed E-state index contributed by atoms with van der Waals surface area (Å²) >= 11 is 0.972. The van der Waals surface area contributed by atoms with Gasteiger partial charge in [-0.3, -0.25) is 9.10 Å². The van der Waals surface area contributed by atoms with Gasteiger partial charge in [-0.1, -0.05) is 29.5 Å². The van der Waals surface area contributed by atoms with E-state index in [0.717, 1.165) is 21.7 Å². The second kappa shape index (κ2) is 10.1. The average molecular weight is 518 g/mol. The van der Waals surface area contributed by atoms with Gasteiger partial charge >= 0.3 is 0 Å².